The lowest BCUT2D eigenvalue weighted by Crippen LogP contribution is -2.19. The number of rotatable bonds is 5. The maximum absolute atomic E-state index is 9.35. The van der Waals surface area contributed by atoms with E-state index in [1.165, 1.54) is 5.56 Å². The van der Waals surface area contributed by atoms with Crippen molar-refractivity contribution >= 4 is 11.4 Å². The molecule has 20 heavy (non-hydrogen) atoms. The molecule has 0 heterocycles. The zero-order chi connectivity index (χ0) is 14.4. The molecule has 2 aromatic carbocycles. The van der Waals surface area contributed by atoms with E-state index in [1.807, 2.05) is 30.3 Å². The van der Waals surface area contributed by atoms with Gasteiger partial charge in [0.15, 0.2) is 0 Å². The van der Waals surface area contributed by atoms with Crippen molar-refractivity contribution in [2.24, 2.45) is 0 Å². The number of hydrogen-bond acceptors (Lipinski definition) is 2. The van der Waals surface area contributed by atoms with E-state index in [-0.39, 0.29) is 0 Å². The van der Waals surface area contributed by atoms with Crippen molar-refractivity contribution in [2.75, 3.05) is 11.4 Å². The summed E-state index contributed by atoms with van der Waals surface area (Å²) in [6.07, 6.45) is 2.24. The van der Waals surface area contributed by atoms with E-state index in [9.17, 15) is 5.26 Å². The van der Waals surface area contributed by atoms with Crippen molar-refractivity contribution in [1.82, 2.24) is 0 Å². The molecule has 0 saturated heterocycles. The summed E-state index contributed by atoms with van der Waals surface area (Å²) in [4.78, 5) is 2.25. The number of benzene rings is 2. The van der Waals surface area contributed by atoms with E-state index in [2.05, 4.69) is 43.0 Å². The third kappa shape index (κ3) is 3.19. The Morgan fingerprint density at radius 2 is 1.85 bits per heavy atom. The highest BCUT2D eigenvalue weighted by molar-refractivity contribution is 5.70. The van der Waals surface area contributed by atoms with Gasteiger partial charge in [0.1, 0.15) is 6.07 Å². The first-order chi connectivity index (χ1) is 9.76. The third-order valence-corrected chi connectivity index (χ3v) is 3.37. The zero-order valence-electron chi connectivity index (χ0n) is 12.1. The molecule has 0 fully saturated rings. The van der Waals surface area contributed by atoms with Crippen LogP contribution in [-0.2, 0) is 0 Å². The Balaban J connectivity index is 2.46. The number of anilines is 2. The van der Waals surface area contributed by atoms with Crippen LogP contribution in [0.2, 0.25) is 0 Å². The minimum Gasteiger partial charge on any atom is -0.340 e. The number of aryl methyl sites for hydroxylation is 1. The van der Waals surface area contributed by atoms with E-state index >= 15 is 0 Å². The van der Waals surface area contributed by atoms with Crippen molar-refractivity contribution < 1.29 is 0 Å². The van der Waals surface area contributed by atoms with Crippen LogP contribution in [0.25, 0.3) is 0 Å². The molecule has 2 nitrogen and oxygen atoms in total. The predicted molar refractivity (Wildman–Crippen MR) is 84.3 cm³/mol. The monoisotopic (exact) mass is 264 g/mol. The molecular weight excluding hydrogens is 244 g/mol. The first-order valence-electron chi connectivity index (χ1n) is 7.09. The van der Waals surface area contributed by atoms with Crippen LogP contribution < -0.4 is 4.90 Å². The lowest BCUT2D eigenvalue weighted by molar-refractivity contribution is 0.785. The van der Waals surface area contributed by atoms with Crippen LogP contribution in [0.3, 0.4) is 0 Å². The van der Waals surface area contributed by atoms with Gasteiger partial charge in [-0.2, -0.15) is 5.26 Å². The average molecular weight is 264 g/mol. The Morgan fingerprint density at radius 3 is 2.50 bits per heavy atom. The minimum atomic E-state index is 0.732. The molecule has 0 aliphatic carbocycles. The lowest BCUT2D eigenvalue weighted by Gasteiger charge is -2.26. The Bertz CT molecular complexity index is 597. The number of nitriles is 1. The molecule has 0 N–H and O–H groups in total. The molecule has 2 heteroatoms. The van der Waals surface area contributed by atoms with Crippen LogP contribution in [0.1, 0.15) is 30.9 Å². The van der Waals surface area contributed by atoms with E-state index in [0.717, 1.165) is 36.3 Å². The Hall–Kier alpha value is -2.27. The first-order valence-corrected chi connectivity index (χ1v) is 7.09. The van der Waals surface area contributed by atoms with Crippen LogP contribution in [0, 0.1) is 18.3 Å². The molecule has 2 aromatic rings. The van der Waals surface area contributed by atoms with Gasteiger partial charge in [0.05, 0.1) is 11.3 Å². The molecule has 0 aromatic heterocycles. The SMILES string of the molecule is CCCCN(c1ccccc1)c1cc(C)ccc1C#N. The van der Waals surface area contributed by atoms with Crippen LogP contribution in [0.15, 0.2) is 48.5 Å². The van der Waals surface area contributed by atoms with Gasteiger partial charge in [-0.3, -0.25) is 0 Å². The van der Waals surface area contributed by atoms with E-state index in [4.69, 9.17) is 0 Å². The Labute approximate surface area is 121 Å². The predicted octanol–water partition coefficient (Wildman–Crippen LogP) is 4.80. The molecule has 0 unspecified atom stereocenters. The van der Waals surface area contributed by atoms with Gasteiger partial charge in [-0.05, 0) is 43.2 Å². The maximum atomic E-state index is 9.35. The summed E-state index contributed by atoms with van der Waals surface area (Å²) >= 11 is 0. The van der Waals surface area contributed by atoms with Crippen LogP contribution in [0.5, 0.6) is 0 Å². The summed E-state index contributed by atoms with van der Waals surface area (Å²) in [6.45, 7) is 5.18. The summed E-state index contributed by atoms with van der Waals surface area (Å²) in [6, 6.07) is 18.6. The second-order valence-electron chi connectivity index (χ2n) is 4.97. The third-order valence-electron chi connectivity index (χ3n) is 3.37. The molecule has 0 amide bonds. The second kappa shape index (κ2) is 6.77. The first kappa shape index (κ1) is 14.1. The van der Waals surface area contributed by atoms with Gasteiger partial charge in [0.2, 0.25) is 0 Å². The summed E-state index contributed by atoms with van der Waals surface area (Å²) in [5, 5.41) is 9.35. The van der Waals surface area contributed by atoms with Crippen molar-refractivity contribution in [3.05, 3.63) is 59.7 Å². The van der Waals surface area contributed by atoms with Crippen molar-refractivity contribution in [1.29, 1.82) is 5.26 Å². The van der Waals surface area contributed by atoms with E-state index in [1.54, 1.807) is 0 Å². The fourth-order valence-electron chi connectivity index (χ4n) is 2.27. The molecule has 2 rings (SSSR count). The number of nitrogens with zero attached hydrogens (tertiary/aromatic N) is 2. The fraction of sp³-hybridized carbons (Fsp3) is 0.278. The maximum Gasteiger partial charge on any atom is 0.101 e. The molecule has 0 saturated carbocycles. The van der Waals surface area contributed by atoms with Crippen LogP contribution in [-0.4, -0.2) is 6.54 Å². The molecule has 0 spiro atoms. The zero-order valence-corrected chi connectivity index (χ0v) is 12.1. The topological polar surface area (TPSA) is 27.0 Å². The summed E-state index contributed by atoms with van der Waals surface area (Å²) in [5.74, 6) is 0. The van der Waals surface area contributed by atoms with Crippen molar-refractivity contribution in [3.63, 3.8) is 0 Å². The highest BCUT2D eigenvalue weighted by Crippen LogP contribution is 2.29. The molecule has 0 aliphatic rings. The van der Waals surface area contributed by atoms with Crippen molar-refractivity contribution in [2.45, 2.75) is 26.7 Å². The van der Waals surface area contributed by atoms with Gasteiger partial charge in [-0.1, -0.05) is 37.6 Å². The second-order valence-corrected chi connectivity index (χ2v) is 4.97. The van der Waals surface area contributed by atoms with Gasteiger partial charge in [-0.25, -0.2) is 0 Å². The summed E-state index contributed by atoms with van der Waals surface area (Å²) in [5.41, 5.74) is 4.06. The highest BCUT2D eigenvalue weighted by Gasteiger charge is 2.13. The standard InChI is InChI=1S/C18H20N2/c1-3-4-12-20(17-8-6-5-7-9-17)18-13-15(2)10-11-16(18)14-19/h5-11,13H,3-4,12H2,1-2H3. The smallest absolute Gasteiger partial charge is 0.101 e. The highest BCUT2D eigenvalue weighted by atomic mass is 15.1. The Morgan fingerprint density at radius 1 is 1.10 bits per heavy atom. The molecule has 102 valence electrons. The average Bonchev–Trinajstić information content (AvgIpc) is 2.49. The molecule has 0 atom stereocenters. The minimum absolute atomic E-state index is 0.732. The van der Waals surface area contributed by atoms with Crippen LogP contribution >= 0.6 is 0 Å². The largest absolute Gasteiger partial charge is 0.340 e. The lowest BCUT2D eigenvalue weighted by atomic mass is 10.1. The van der Waals surface area contributed by atoms with Crippen LogP contribution in [0.4, 0.5) is 11.4 Å². The van der Waals surface area contributed by atoms with E-state index in [0.29, 0.717) is 0 Å². The molecule has 0 bridgehead atoms. The molecule has 0 aliphatic heterocycles. The molecular formula is C18H20N2. The van der Waals surface area contributed by atoms with Crippen molar-refractivity contribution in [3.8, 4) is 6.07 Å². The Kier molecular flexibility index (Phi) is 4.79. The van der Waals surface area contributed by atoms with Gasteiger partial charge >= 0.3 is 0 Å². The number of para-hydroxylation sites is 1. The number of hydrogen-bond donors (Lipinski definition) is 0. The normalized spacial score (nSPS) is 10.1. The summed E-state index contributed by atoms with van der Waals surface area (Å²) < 4.78 is 0. The quantitative estimate of drug-likeness (QED) is 0.775. The number of unbranched alkanes of at least 4 members (excludes halogenated alkanes) is 1. The van der Waals surface area contributed by atoms with Gasteiger partial charge in [0.25, 0.3) is 0 Å². The fourth-order valence-corrected chi connectivity index (χ4v) is 2.27. The van der Waals surface area contributed by atoms with Gasteiger partial charge < -0.3 is 4.90 Å². The van der Waals surface area contributed by atoms with Gasteiger partial charge in [-0.15, -0.1) is 0 Å². The molecule has 0 radical (unpaired) electrons. The van der Waals surface area contributed by atoms with E-state index < -0.39 is 0 Å². The summed E-state index contributed by atoms with van der Waals surface area (Å²) in [7, 11) is 0. The van der Waals surface area contributed by atoms with Gasteiger partial charge in [0, 0.05) is 12.2 Å².